The van der Waals surface area contributed by atoms with Gasteiger partial charge in [0.1, 0.15) is 0 Å². The first-order chi connectivity index (χ1) is 8.97. The highest BCUT2D eigenvalue weighted by Gasteiger charge is 2.51. The minimum Gasteiger partial charge on any atom is -0.515 e. The first-order valence-corrected chi connectivity index (χ1v) is 10.2. The van der Waals surface area contributed by atoms with Gasteiger partial charge >= 0.3 is 5.97 Å². The maximum Gasteiger partial charge on any atom is 0.319 e. The molecule has 2 nitrogen and oxygen atoms in total. The number of hydrogen-bond acceptors (Lipinski definition) is 2. The molecule has 0 saturated carbocycles. The van der Waals surface area contributed by atoms with Gasteiger partial charge in [-0.15, -0.1) is 0 Å². The smallest absolute Gasteiger partial charge is 0.319 e. The molecule has 118 valence electrons. The summed E-state index contributed by atoms with van der Waals surface area (Å²) in [5, 5.41) is 0.0899. The summed E-state index contributed by atoms with van der Waals surface area (Å²) in [4.78, 5) is 12.2. The molecule has 0 unspecified atom stereocenters. The Bertz CT molecular complexity index is 333. The Morgan fingerprint density at radius 1 is 1.15 bits per heavy atom. The summed E-state index contributed by atoms with van der Waals surface area (Å²) in [5.74, 6) is 0.896. The summed E-state index contributed by atoms with van der Waals surface area (Å²) in [5.41, 5.74) is 0.515. The van der Waals surface area contributed by atoms with E-state index in [9.17, 15) is 4.79 Å². The highest BCUT2D eigenvalue weighted by atomic mass is 28.4. The molecule has 0 fully saturated rings. The highest BCUT2D eigenvalue weighted by molar-refractivity contribution is 6.78. The summed E-state index contributed by atoms with van der Waals surface area (Å²) in [6.07, 6.45) is 1.04. The lowest BCUT2D eigenvalue weighted by Crippen LogP contribution is -2.51. The summed E-state index contributed by atoms with van der Waals surface area (Å²) < 4.78 is 6.18. The molecule has 0 bridgehead atoms. The average Bonchev–Trinajstić information content (AvgIpc) is 2.26. The molecular formula is C17H34O2Si. The van der Waals surface area contributed by atoms with Crippen LogP contribution in [0.3, 0.4) is 0 Å². The molecule has 0 spiro atoms. The molecule has 0 amide bonds. The Kier molecular flexibility index (Phi) is 7.23. The molecule has 0 heterocycles. The summed E-state index contributed by atoms with van der Waals surface area (Å²) >= 11 is 0. The van der Waals surface area contributed by atoms with E-state index >= 15 is 0 Å². The molecule has 0 aliphatic carbocycles. The minimum absolute atomic E-state index is 0.0899. The summed E-state index contributed by atoms with van der Waals surface area (Å²) in [6, 6.07) is 2.07. The van der Waals surface area contributed by atoms with Crippen molar-refractivity contribution in [2.75, 3.05) is 0 Å². The first kappa shape index (κ1) is 19.4. The second-order valence-electron chi connectivity index (χ2n) is 7.60. The number of carbonyl (C=O) groups excluding carboxylic acids is 1. The van der Waals surface area contributed by atoms with Crippen molar-refractivity contribution < 1.29 is 9.22 Å². The molecular weight excluding hydrogens is 264 g/mol. The maximum atomic E-state index is 12.2. The molecule has 3 heteroatoms. The molecule has 0 aliphatic heterocycles. The first-order valence-electron chi connectivity index (χ1n) is 7.86. The largest absolute Gasteiger partial charge is 0.515 e. The van der Waals surface area contributed by atoms with E-state index in [1.807, 2.05) is 0 Å². The van der Waals surface area contributed by atoms with Gasteiger partial charge in [0, 0.05) is 5.57 Å². The molecule has 0 atom stereocenters. The third-order valence-corrected chi connectivity index (χ3v) is 10.6. The van der Waals surface area contributed by atoms with E-state index in [2.05, 4.69) is 55.0 Å². The van der Waals surface area contributed by atoms with Crippen molar-refractivity contribution in [3.8, 4) is 0 Å². The van der Waals surface area contributed by atoms with E-state index in [0.717, 1.165) is 18.5 Å². The Morgan fingerprint density at radius 2 is 1.55 bits per heavy atom. The van der Waals surface area contributed by atoms with Crippen LogP contribution < -0.4 is 0 Å². The van der Waals surface area contributed by atoms with Gasteiger partial charge in [0.15, 0.2) is 0 Å². The van der Waals surface area contributed by atoms with Gasteiger partial charge in [-0.05, 0) is 35.9 Å². The van der Waals surface area contributed by atoms with Crippen LogP contribution in [-0.2, 0) is 9.22 Å². The monoisotopic (exact) mass is 298 g/mol. The van der Waals surface area contributed by atoms with Crippen LogP contribution in [-0.4, -0.2) is 14.3 Å². The van der Waals surface area contributed by atoms with Gasteiger partial charge in [0.05, 0.1) is 0 Å². The maximum absolute atomic E-state index is 12.2. The molecule has 0 N–H and O–H groups in total. The quantitative estimate of drug-likeness (QED) is 0.433. The fourth-order valence-electron chi connectivity index (χ4n) is 2.76. The van der Waals surface area contributed by atoms with E-state index in [1.54, 1.807) is 6.92 Å². The Morgan fingerprint density at radius 3 is 1.80 bits per heavy atom. The third-order valence-electron chi connectivity index (χ3n) is 4.23. The van der Waals surface area contributed by atoms with Crippen LogP contribution >= 0.6 is 0 Å². The molecule has 0 rings (SSSR count). The molecule has 0 radical (unpaired) electrons. The van der Waals surface area contributed by atoms with Gasteiger partial charge in [-0.25, -0.2) is 4.79 Å². The van der Waals surface area contributed by atoms with Crippen molar-refractivity contribution in [1.29, 1.82) is 0 Å². The molecule has 0 aromatic rings. The normalized spacial score (nSPS) is 12.9. The van der Waals surface area contributed by atoms with Crippen LogP contribution in [0, 0.1) is 11.8 Å². The van der Waals surface area contributed by atoms with E-state index in [-0.39, 0.29) is 11.0 Å². The van der Waals surface area contributed by atoms with Crippen LogP contribution in [0.5, 0.6) is 0 Å². The van der Waals surface area contributed by atoms with E-state index in [0.29, 0.717) is 17.4 Å². The van der Waals surface area contributed by atoms with Crippen LogP contribution in [0.1, 0.15) is 61.8 Å². The van der Waals surface area contributed by atoms with Crippen LogP contribution in [0.25, 0.3) is 0 Å². The second kappa shape index (κ2) is 7.44. The Hall–Kier alpha value is -0.573. The highest BCUT2D eigenvalue weighted by Crippen LogP contribution is 2.48. The zero-order valence-corrected chi connectivity index (χ0v) is 15.8. The molecule has 0 aliphatic rings. The van der Waals surface area contributed by atoms with E-state index in [4.69, 9.17) is 4.43 Å². The second-order valence-corrected chi connectivity index (χ2v) is 12.0. The Labute approximate surface area is 127 Å². The van der Waals surface area contributed by atoms with Crippen molar-refractivity contribution >= 4 is 14.3 Å². The molecule has 0 aromatic heterocycles. The predicted molar refractivity (Wildman–Crippen MR) is 90.3 cm³/mol. The lowest BCUT2D eigenvalue weighted by atomic mass is 10.1. The van der Waals surface area contributed by atoms with Gasteiger partial charge in [0.25, 0.3) is 8.32 Å². The van der Waals surface area contributed by atoms with Crippen LogP contribution in [0.15, 0.2) is 12.2 Å². The zero-order chi connectivity index (χ0) is 16.1. The van der Waals surface area contributed by atoms with Crippen molar-refractivity contribution in [1.82, 2.24) is 0 Å². The van der Waals surface area contributed by atoms with Gasteiger partial charge in [0.2, 0.25) is 0 Å². The fourth-order valence-corrected chi connectivity index (χ4v) is 8.29. The van der Waals surface area contributed by atoms with Gasteiger partial charge < -0.3 is 4.43 Å². The summed E-state index contributed by atoms with van der Waals surface area (Å²) in [6.45, 7) is 21.1. The van der Waals surface area contributed by atoms with Gasteiger partial charge in [-0.2, -0.15) is 0 Å². The topological polar surface area (TPSA) is 26.3 Å². The summed E-state index contributed by atoms with van der Waals surface area (Å²) in [7, 11) is -2.19. The van der Waals surface area contributed by atoms with Gasteiger partial charge in [-0.3, -0.25) is 0 Å². The minimum atomic E-state index is -2.19. The zero-order valence-electron chi connectivity index (χ0n) is 14.8. The van der Waals surface area contributed by atoms with Crippen LogP contribution in [0.2, 0.25) is 17.1 Å². The molecule has 0 saturated heterocycles. The SMILES string of the molecule is C=C(C)C(=O)O[Si](CC(C)C)(CC(C)C)C(C)(C)CC. The van der Waals surface area contributed by atoms with E-state index in [1.165, 1.54) is 0 Å². The number of rotatable bonds is 8. The van der Waals surface area contributed by atoms with Crippen molar-refractivity contribution in [3.63, 3.8) is 0 Å². The van der Waals surface area contributed by atoms with Crippen molar-refractivity contribution in [2.24, 2.45) is 11.8 Å². The number of carbonyl (C=O) groups is 1. The number of hydrogen-bond donors (Lipinski definition) is 0. The van der Waals surface area contributed by atoms with Crippen molar-refractivity contribution in [3.05, 3.63) is 12.2 Å². The molecule has 20 heavy (non-hydrogen) atoms. The standard InChI is InChI=1S/C17H34O2Si/c1-10-17(8,9)20(11-13(2)3,12-14(4)5)19-16(18)15(6)7/h13-14H,6,10-12H2,1-5,7-9H3. The lowest BCUT2D eigenvalue weighted by molar-refractivity contribution is -0.131. The predicted octanol–water partition coefficient (Wildman–Crippen LogP) is 5.55. The molecule has 0 aromatic carbocycles. The van der Waals surface area contributed by atoms with Crippen molar-refractivity contribution in [2.45, 2.75) is 78.9 Å². The third kappa shape index (κ3) is 5.08. The van der Waals surface area contributed by atoms with Gasteiger partial charge in [-0.1, -0.05) is 61.5 Å². The van der Waals surface area contributed by atoms with E-state index < -0.39 is 8.32 Å². The fraction of sp³-hybridized carbons (Fsp3) is 0.824. The average molecular weight is 299 g/mol. The van der Waals surface area contributed by atoms with Crippen LogP contribution in [0.4, 0.5) is 0 Å². The Balaban J connectivity index is 5.65. The lowest BCUT2D eigenvalue weighted by Gasteiger charge is -2.45.